The summed E-state index contributed by atoms with van der Waals surface area (Å²) in [5.41, 5.74) is 0.271. The van der Waals surface area contributed by atoms with Crippen LogP contribution < -0.4 is 4.72 Å². The van der Waals surface area contributed by atoms with Crippen molar-refractivity contribution >= 4 is 34.4 Å². The number of fused-ring (bicyclic) bond motifs is 1. The van der Waals surface area contributed by atoms with Crippen molar-refractivity contribution in [2.24, 2.45) is 0 Å². The molecule has 3 aromatic carbocycles. The van der Waals surface area contributed by atoms with Crippen LogP contribution in [0.15, 0.2) is 90.0 Å². The second kappa shape index (κ2) is 10.1. The van der Waals surface area contributed by atoms with Crippen molar-refractivity contribution < 1.29 is 23.1 Å². The largest absolute Gasteiger partial charge is 0.416 e. The Bertz CT molecular complexity index is 1410. The number of hydrogen-bond donors (Lipinski definition) is 2. The second-order valence-corrected chi connectivity index (χ2v) is 9.86. The first kappa shape index (κ1) is 25.1. The summed E-state index contributed by atoms with van der Waals surface area (Å²) >= 11 is 1.44. The van der Waals surface area contributed by atoms with Gasteiger partial charge in [0.05, 0.1) is 21.6 Å². The van der Waals surface area contributed by atoms with Gasteiger partial charge in [-0.2, -0.15) is 13.2 Å². The molecule has 1 aliphatic rings. The quantitative estimate of drug-likeness (QED) is 0.293. The van der Waals surface area contributed by atoms with Crippen LogP contribution in [0.1, 0.15) is 34.3 Å². The van der Waals surface area contributed by atoms with E-state index in [2.05, 4.69) is 9.71 Å². The van der Waals surface area contributed by atoms with Crippen molar-refractivity contribution in [2.45, 2.75) is 29.5 Å². The number of rotatable bonds is 5. The number of hydrogen-bond acceptors (Lipinski definition) is 5. The van der Waals surface area contributed by atoms with E-state index in [1.807, 2.05) is 42.5 Å². The van der Waals surface area contributed by atoms with Gasteiger partial charge in [-0.3, -0.25) is 9.78 Å². The number of piperidine rings is 1. The van der Waals surface area contributed by atoms with E-state index in [0.717, 1.165) is 33.6 Å². The molecule has 1 aromatic heterocycles. The van der Waals surface area contributed by atoms with Crippen LogP contribution in [-0.2, 0) is 11.8 Å². The number of likely N-dealkylation sites (tertiary alicyclic amines) is 1. The van der Waals surface area contributed by atoms with E-state index in [1.54, 1.807) is 23.2 Å². The Balaban J connectivity index is 1.20. The maximum absolute atomic E-state index is 13.1. The Morgan fingerprint density at radius 2 is 1.68 bits per heavy atom. The van der Waals surface area contributed by atoms with Gasteiger partial charge < -0.3 is 14.7 Å². The minimum atomic E-state index is -4.48. The van der Waals surface area contributed by atoms with Crippen LogP contribution in [0.25, 0.3) is 10.9 Å². The zero-order valence-electron chi connectivity index (χ0n) is 19.7. The zero-order chi connectivity index (χ0) is 26.0. The van der Waals surface area contributed by atoms with Crippen molar-refractivity contribution in [3.05, 3.63) is 102 Å². The molecule has 5 rings (SSSR count). The Morgan fingerprint density at radius 3 is 2.41 bits per heavy atom. The molecule has 2 heterocycles. The van der Waals surface area contributed by atoms with Crippen molar-refractivity contribution in [1.82, 2.24) is 9.88 Å². The fourth-order valence-electron chi connectivity index (χ4n) is 4.49. The van der Waals surface area contributed by atoms with Crippen molar-refractivity contribution in [3.63, 3.8) is 0 Å². The first-order chi connectivity index (χ1) is 17.7. The van der Waals surface area contributed by atoms with Gasteiger partial charge >= 0.3 is 6.18 Å². The van der Waals surface area contributed by atoms with Crippen molar-refractivity contribution in [2.75, 3.05) is 17.8 Å². The summed E-state index contributed by atoms with van der Waals surface area (Å²) in [7, 11) is 0. The van der Waals surface area contributed by atoms with Gasteiger partial charge in [0.2, 0.25) is 0 Å². The van der Waals surface area contributed by atoms with E-state index in [4.69, 9.17) is 0 Å². The smallest absolute Gasteiger partial charge is 0.385 e. The highest BCUT2D eigenvalue weighted by Gasteiger charge is 2.38. The number of para-hydroxylation sites is 1. The zero-order valence-corrected chi connectivity index (χ0v) is 20.5. The maximum atomic E-state index is 13.1. The number of nitrogens with one attached hydrogen (secondary N) is 1. The highest BCUT2D eigenvalue weighted by atomic mass is 32.2. The number of amides is 1. The number of carbonyl (C=O) groups is 1. The van der Waals surface area contributed by atoms with Crippen molar-refractivity contribution in [3.8, 4) is 0 Å². The number of pyridine rings is 1. The average Bonchev–Trinajstić information content (AvgIpc) is 2.92. The molecule has 1 fully saturated rings. The molecular formula is C28H24F3N3O2S. The predicted octanol–water partition coefficient (Wildman–Crippen LogP) is 6.50. The topological polar surface area (TPSA) is 65.5 Å². The number of aromatic nitrogens is 1. The molecule has 0 atom stereocenters. The lowest BCUT2D eigenvalue weighted by atomic mass is 9.83. The molecule has 190 valence electrons. The number of carbonyl (C=O) groups excluding carboxylic acids is 1. The first-order valence-corrected chi connectivity index (χ1v) is 12.6. The number of nitrogens with zero attached hydrogens (tertiary/aromatic N) is 2. The van der Waals surface area contributed by atoms with Crippen LogP contribution in [0, 0.1) is 0 Å². The third kappa shape index (κ3) is 5.42. The van der Waals surface area contributed by atoms with Gasteiger partial charge in [0.25, 0.3) is 5.91 Å². The molecule has 9 heteroatoms. The second-order valence-electron chi connectivity index (χ2n) is 9.02. The molecule has 4 aromatic rings. The van der Waals surface area contributed by atoms with Crippen LogP contribution in [0.2, 0.25) is 0 Å². The number of alkyl halides is 3. The molecule has 37 heavy (non-hydrogen) atoms. The van der Waals surface area contributed by atoms with Crippen LogP contribution in [0.5, 0.6) is 0 Å². The molecule has 0 spiro atoms. The van der Waals surface area contributed by atoms with E-state index >= 15 is 0 Å². The molecule has 0 bridgehead atoms. The fraction of sp³-hybridized carbons (Fsp3) is 0.214. The van der Waals surface area contributed by atoms with Gasteiger partial charge in [-0.25, -0.2) is 0 Å². The standard InChI is InChI=1S/C28H24F3N3O2S/c29-28(30,31)22-7-2-6-21(18-22)27(36)13-16-34(17-14-27)26(35)20-9-11-23(12-10-20)33-37-24-8-1-4-19-5-3-15-32-25(19)24/h1-12,15,18,33,36H,13-14,16-17H2. The summed E-state index contributed by atoms with van der Waals surface area (Å²) in [5.74, 6) is -0.177. The predicted molar refractivity (Wildman–Crippen MR) is 138 cm³/mol. The van der Waals surface area contributed by atoms with Gasteiger partial charge in [0.15, 0.2) is 0 Å². The minimum absolute atomic E-state index is 0.162. The lowest BCUT2D eigenvalue weighted by Crippen LogP contribution is -2.45. The Kier molecular flexibility index (Phi) is 6.83. The van der Waals surface area contributed by atoms with Crippen LogP contribution in [0.3, 0.4) is 0 Å². The molecule has 5 nitrogen and oxygen atoms in total. The Hall–Kier alpha value is -3.56. The molecule has 1 amide bonds. The monoisotopic (exact) mass is 523 g/mol. The summed E-state index contributed by atoms with van der Waals surface area (Å²) in [5, 5.41) is 12.1. The molecule has 0 unspecified atom stereocenters. The van der Waals surface area contributed by atoms with Crippen molar-refractivity contribution in [1.29, 1.82) is 0 Å². The van der Waals surface area contributed by atoms with E-state index in [-0.39, 0.29) is 37.4 Å². The Morgan fingerprint density at radius 1 is 0.973 bits per heavy atom. The lowest BCUT2D eigenvalue weighted by Gasteiger charge is -2.38. The minimum Gasteiger partial charge on any atom is -0.385 e. The normalized spacial score (nSPS) is 15.5. The summed E-state index contributed by atoms with van der Waals surface area (Å²) in [6.45, 7) is 0.491. The highest BCUT2D eigenvalue weighted by molar-refractivity contribution is 8.00. The molecule has 1 aliphatic heterocycles. The number of anilines is 1. The lowest BCUT2D eigenvalue weighted by molar-refractivity contribution is -0.137. The SMILES string of the molecule is O=C(c1ccc(NSc2cccc3cccnc23)cc1)N1CCC(O)(c2cccc(C(F)(F)F)c2)CC1. The summed E-state index contributed by atoms with van der Waals surface area (Å²) in [6, 6.07) is 21.8. The van der Waals surface area contributed by atoms with Gasteiger partial charge in [-0.1, -0.05) is 30.3 Å². The summed E-state index contributed by atoms with van der Waals surface area (Å²) in [4.78, 5) is 20.1. The Labute approximate surface area is 216 Å². The van der Waals surface area contributed by atoms with E-state index < -0.39 is 17.3 Å². The third-order valence-corrected chi connectivity index (χ3v) is 7.50. The molecular weight excluding hydrogens is 499 g/mol. The molecule has 0 saturated carbocycles. The third-order valence-electron chi connectivity index (χ3n) is 6.61. The number of halogens is 3. The fourth-order valence-corrected chi connectivity index (χ4v) is 5.27. The van der Waals surface area contributed by atoms with E-state index in [0.29, 0.717) is 5.56 Å². The van der Waals surface area contributed by atoms with Gasteiger partial charge in [0, 0.05) is 35.9 Å². The van der Waals surface area contributed by atoms with E-state index in [9.17, 15) is 23.1 Å². The maximum Gasteiger partial charge on any atom is 0.416 e. The number of benzene rings is 3. The molecule has 0 aliphatic carbocycles. The number of aliphatic hydroxyl groups is 1. The molecule has 1 saturated heterocycles. The van der Waals surface area contributed by atoms with Gasteiger partial charge in [-0.05, 0) is 78.9 Å². The van der Waals surface area contributed by atoms with E-state index in [1.165, 1.54) is 24.1 Å². The van der Waals surface area contributed by atoms with Gasteiger partial charge in [-0.15, -0.1) is 0 Å². The van der Waals surface area contributed by atoms with Crippen LogP contribution in [0.4, 0.5) is 18.9 Å². The molecule has 0 radical (unpaired) electrons. The summed E-state index contributed by atoms with van der Waals surface area (Å²) in [6.07, 6.45) is -2.40. The average molecular weight is 524 g/mol. The highest BCUT2D eigenvalue weighted by Crippen LogP contribution is 2.37. The van der Waals surface area contributed by atoms with Crippen LogP contribution >= 0.6 is 11.9 Å². The molecule has 2 N–H and O–H groups in total. The first-order valence-electron chi connectivity index (χ1n) is 11.8. The summed E-state index contributed by atoms with van der Waals surface area (Å²) < 4.78 is 42.6. The van der Waals surface area contributed by atoms with Crippen LogP contribution in [-0.4, -0.2) is 34.0 Å². The van der Waals surface area contributed by atoms with Gasteiger partial charge in [0.1, 0.15) is 0 Å².